The average molecular weight is 565 g/mol. The molecule has 2 aromatic carbocycles. The Bertz CT molecular complexity index is 1520. The van der Waals surface area contributed by atoms with Gasteiger partial charge >= 0.3 is 11.4 Å². The molecule has 35 heavy (non-hydrogen) atoms. The Morgan fingerprint density at radius 2 is 1.86 bits per heavy atom. The van der Waals surface area contributed by atoms with Gasteiger partial charge in [0.15, 0.2) is 5.15 Å². The van der Waals surface area contributed by atoms with Crippen LogP contribution in [0.15, 0.2) is 41.3 Å². The third-order valence-corrected chi connectivity index (χ3v) is 6.67. The van der Waals surface area contributed by atoms with Crippen molar-refractivity contribution in [1.29, 1.82) is 0 Å². The number of thioether (sulfide) groups is 1. The fourth-order valence-electron chi connectivity index (χ4n) is 3.34. The van der Waals surface area contributed by atoms with E-state index in [4.69, 9.17) is 23.2 Å². The molecule has 8 nitrogen and oxygen atoms in total. The predicted molar refractivity (Wildman–Crippen MR) is 126 cm³/mol. The Kier molecular flexibility index (Phi) is 6.66. The molecule has 0 bridgehead atoms. The largest absolute Gasteiger partial charge is 0.416 e. The zero-order valence-corrected chi connectivity index (χ0v) is 20.6. The summed E-state index contributed by atoms with van der Waals surface area (Å²) in [6, 6.07) is 8.12. The van der Waals surface area contributed by atoms with Crippen molar-refractivity contribution in [2.75, 3.05) is 6.26 Å². The number of imide groups is 1. The number of nitrogens with zero attached hydrogens (tertiary/aromatic N) is 3. The minimum absolute atomic E-state index is 0.0182. The molecule has 3 aromatic rings. The highest BCUT2D eigenvalue weighted by Crippen LogP contribution is 2.36. The van der Waals surface area contributed by atoms with Crippen molar-refractivity contribution in [3.63, 3.8) is 0 Å². The van der Waals surface area contributed by atoms with Gasteiger partial charge in [-0.1, -0.05) is 35.3 Å². The maximum atomic E-state index is 13.5. The van der Waals surface area contributed by atoms with Gasteiger partial charge in [-0.25, -0.2) is 8.42 Å². The molecule has 0 spiro atoms. The van der Waals surface area contributed by atoms with Gasteiger partial charge in [0.1, 0.15) is 0 Å². The van der Waals surface area contributed by atoms with E-state index in [0.29, 0.717) is 33.2 Å². The fourth-order valence-corrected chi connectivity index (χ4v) is 5.09. The Labute approximate surface area is 210 Å². The normalized spacial score (nSPS) is 16.2. The molecule has 1 fully saturated rings. The van der Waals surface area contributed by atoms with E-state index < -0.39 is 32.9 Å². The van der Waals surface area contributed by atoms with Crippen molar-refractivity contribution >= 4 is 73.1 Å². The van der Waals surface area contributed by atoms with Gasteiger partial charge in [-0.15, -0.1) is 4.83 Å². The Hall–Kier alpha value is -2.58. The molecule has 0 atom stereocenters. The summed E-state index contributed by atoms with van der Waals surface area (Å²) in [6.07, 6.45) is -2.45. The first kappa shape index (κ1) is 25.5. The number of alkyl halides is 3. The van der Waals surface area contributed by atoms with Crippen LogP contribution in [0.2, 0.25) is 10.2 Å². The second-order valence-electron chi connectivity index (χ2n) is 7.40. The second-order valence-corrected chi connectivity index (χ2v) is 10.9. The number of hydrogen-bond donors (Lipinski definition) is 1. The van der Waals surface area contributed by atoms with E-state index in [0.717, 1.165) is 12.3 Å². The molecule has 15 heteroatoms. The first-order valence-corrected chi connectivity index (χ1v) is 13.0. The van der Waals surface area contributed by atoms with E-state index >= 15 is 0 Å². The number of halogens is 5. The van der Waals surface area contributed by atoms with Crippen LogP contribution in [0.4, 0.5) is 18.0 Å². The van der Waals surface area contributed by atoms with Crippen LogP contribution < -0.4 is 4.83 Å². The van der Waals surface area contributed by atoms with Crippen LogP contribution in [0.5, 0.6) is 0 Å². The van der Waals surface area contributed by atoms with Gasteiger partial charge in [0.2, 0.25) is 10.0 Å². The van der Waals surface area contributed by atoms with Crippen LogP contribution in [0.1, 0.15) is 16.7 Å². The second kappa shape index (κ2) is 9.13. The molecule has 184 valence electrons. The van der Waals surface area contributed by atoms with Gasteiger partial charge < -0.3 is 0 Å². The summed E-state index contributed by atoms with van der Waals surface area (Å²) in [5, 5.41) is 4.07. The molecule has 1 aromatic heterocycles. The number of hydrazine groups is 1. The maximum Gasteiger partial charge on any atom is 0.416 e. The molecule has 0 saturated carbocycles. The van der Waals surface area contributed by atoms with Crippen LogP contribution in [0.25, 0.3) is 17.0 Å². The summed E-state index contributed by atoms with van der Waals surface area (Å²) in [5.74, 6) is -0.852. The Balaban J connectivity index is 1.67. The summed E-state index contributed by atoms with van der Waals surface area (Å²) < 4.78 is 64.4. The standard InChI is InChI=1S/C20H13Cl2F3N4O4S2/c1-35(32,33)27-29-18(30)16(34-19(29)31)7-10-2-5-15-13(6-10)17(22)26-28(15)9-11-3-4-12(21)8-14(11)20(23,24)25/h2-8,27H,9H2,1H3/b16-7-. The van der Waals surface area contributed by atoms with Gasteiger partial charge in [0.05, 0.1) is 28.8 Å². The van der Waals surface area contributed by atoms with Gasteiger partial charge in [-0.3, -0.25) is 14.3 Å². The zero-order chi connectivity index (χ0) is 25.7. The number of hydrogen-bond acceptors (Lipinski definition) is 6. The number of sulfonamides is 1. The molecule has 0 unspecified atom stereocenters. The zero-order valence-electron chi connectivity index (χ0n) is 17.4. The van der Waals surface area contributed by atoms with Crippen molar-refractivity contribution in [1.82, 2.24) is 19.6 Å². The van der Waals surface area contributed by atoms with E-state index in [2.05, 4.69) is 5.10 Å². The summed E-state index contributed by atoms with van der Waals surface area (Å²) in [7, 11) is -3.85. The Morgan fingerprint density at radius 3 is 2.51 bits per heavy atom. The molecule has 4 rings (SSSR count). The molecule has 1 N–H and O–H groups in total. The van der Waals surface area contributed by atoms with Crippen LogP contribution in [0, 0.1) is 0 Å². The number of nitrogens with one attached hydrogen (secondary N) is 1. The molecule has 1 saturated heterocycles. The monoisotopic (exact) mass is 564 g/mol. The van der Waals surface area contributed by atoms with E-state index in [1.807, 2.05) is 4.83 Å². The molecule has 1 aliphatic rings. The van der Waals surface area contributed by atoms with Gasteiger partial charge in [0, 0.05) is 10.4 Å². The highest BCUT2D eigenvalue weighted by atomic mass is 35.5. The predicted octanol–water partition coefficient (Wildman–Crippen LogP) is 4.91. The number of carbonyl (C=O) groups excluding carboxylic acids is 2. The maximum absolute atomic E-state index is 13.5. The Morgan fingerprint density at radius 1 is 1.14 bits per heavy atom. The van der Waals surface area contributed by atoms with E-state index in [1.165, 1.54) is 22.9 Å². The van der Waals surface area contributed by atoms with Crippen molar-refractivity contribution in [3.05, 3.63) is 68.2 Å². The summed E-state index contributed by atoms with van der Waals surface area (Å²) in [5.41, 5.74) is -0.0766. The lowest BCUT2D eigenvalue weighted by atomic mass is 10.1. The number of rotatable bonds is 5. The van der Waals surface area contributed by atoms with Crippen LogP contribution in [-0.2, 0) is 27.5 Å². The third-order valence-electron chi connectivity index (χ3n) is 4.78. The number of carbonyl (C=O) groups is 2. The number of benzene rings is 2. The quantitative estimate of drug-likeness (QED) is 0.442. The molecule has 2 amide bonds. The van der Waals surface area contributed by atoms with Crippen molar-refractivity contribution < 1.29 is 31.2 Å². The topological polar surface area (TPSA) is 101 Å². The lowest BCUT2D eigenvalue weighted by Gasteiger charge is -2.14. The van der Waals surface area contributed by atoms with Gasteiger partial charge in [-0.2, -0.15) is 23.3 Å². The number of aromatic nitrogens is 2. The van der Waals surface area contributed by atoms with Crippen molar-refractivity contribution in [2.24, 2.45) is 0 Å². The van der Waals surface area contributed by atoms with Crippen LogP contribution in [-0.4, -0.2) is 40.6 Å². The summed E-state index contributed by atoms with van der Waals surface area (Å²) in [4.78, 5) is 26.2. The number of amides is 2. The first-order valence-electron chi connectivity index (χ1n) is 9.50. The SMILES string of the molecule is CS(=O)(=O)NN1C(=O)S/C(=C\c2ccc3c(c2)c(Cl)nn3Cc2ccc(Cl)cc2C(F)(F)F)C1=O. The van der Waals surface area contributed by atoms with Crippen molar-refractivity contribution in [3.8, 4) is 0 Å². The van der Waals surface area contributed by atoms with E-state index in [1.54, 1.807) is 18.2 Å². The molecular weight excluding hydrogens is 552 g/mol. The van der Waals surface area contributed by atoms with E-state index in [9.17, 15) is 31.2 Å². The highest BCUT2D eigenvalue weighted by Gasteiger charge is 2.37. The molecular formula is C20H13Cl2F3N4O4S2. The molecule has 1 aliphatic heterocycles. The first-order chi connectivity index (χ1) is 16.2. The molecule has 2 heterocycles. The molecule has 0 radical (unpaired) electrons. The average Bonchev–Trinajstić information content (AvgIpc) is 3.18. The molecule has 0 aliphatic carbocycles. The van der Waals surface area contributed by atoms with E-state index in [-0.39, 0.29) is 27.2 Å². The minimum atomic E-state index is -4.62. The third kappa shape index (κ3) is 5.48. The fraction of sp³-hybridized carbons (Fsp3) is 0.150. The lowest BCUT2D eigenvalue weighted by molar-refractivity contribution is -0.138. The van der Waals surface area contributed by atoms with Gasteiger partial charge in [-0.05, 0) is 53.2 Å². The van der Waals surface area contributed by atoms with Crippen LogP contribution >= 0.6 is 35.0 Å². The van der Waals surface area contributed by atoms with Gasteiger partial charge in [0.25, 0.3) is 5.91 Å². The van der Waals surface area contributed by atoms with Crippen molar-refractivity contribution in [2.45, 2.75) is 12.7 Å². The smallest absolute Gasteiger partial charge is 0.266 e. The summed E-state index contributed by atoms with van der Waals surface area (Å²) >= 11 is 12.5. The highest BCUT2D eigenvalue weighted by molar-refractivity contribution is 8.18. The van der Waals surface area contributed by atoms with Crippen LogP contribution in [0.3, 0.4) is 0 Å². The lowest BCUT2D eigenvalue weighted by Crippen LogP contribution is -2.44. The minimum Gasteiger partial charge on any atom is -0.266 e. The number of fused-ring (bicyclic) bond motifs is 1. The summed E-state index contributed by atoms with van der Waals surface area (Å²) in [6.45, 7) is -0.232.